The van der Waals surface area contributed by atoms with Crippen LogP contribution in [0.3, 0.4) is 0 Å². The Morgan fingerprint density at radius 1 is 1.23 bits per heavy atom. The highest BCUT2D eigenvalue weighted by Crippen LogP contribution is 2.29. The van der Waals surface area contributed by atoms with E-state index >= 15 is 0 Å². The number of carbonyl (C=O) groups excluding carboxylic acids is 1. The van der Waals surface area contributed by atoms with Crippen molar-refractivity contribution in [2.45, 2.75) is 24.0 Å². The van der Waals surface area contributed by atoms with Crippen LogP contribution >= 0.6 is 11.8 Å². The summed E-state index contributed by atoms with van der Waals surface area (Å²) in [5.74, 6) is 2.14. The number of carbonyl (C=O) groups is 1. The number of thioether (sulfide) groups is 1. The van der Waals surface area contributed by atoms with Crippen LogP contribution in [0.1, 0.15) is 12.8 Å². The van der Waals surface area contributed by atoms with E-state index in [-0.39, 0.29) is 12.0 Å². The summed E-state index contributed by atoms with van der Waals surface area (Å²) in [4.78, 5) is 25.5. The molecule has 2 aliphatic heterocycles. The van der Waals surface area contributed by atoms with E-state index in [9.17, 15) is 4.79 Å². The summed E-state index contributed by atoms with van der Waals surface area (Å²) in [5, 5.41) is 3.76. The van der Waals surface area contributed by atoms with Crippen LogP contribution in [-0.2, 0) is 9.53 Å². The van der Waals surface area contributed by atoms with Gasteiger partial charge in [-0.05, 0) is 25.0 Å². The first kappa shape index (κ1) is 21.7. The van der Waals surface area contributed by atoms with Crippen molar-refractivity contribution < 1.29 is 14.3 Å². The largest absolute Gasteiger partial charge is 0.495 e. The molecule has 0 saturated carbocycles. The highest BCUT2D eigenvalue weighted by molar-refractivity contribution is 7.99. The van der Waals surface area contributed by atoms with Crippen molar-refractivity contribution in [3.8, 4) is 5.75 Å². The second-order valence-corrected chi connectivity index (χ2v) is 8.58. The maximum atomic E-state index is 12.1. The van der Waals surface area contributed by atoms with Crippen LogP contribution in [0.5, 0.6) is 5.75 Å². The molecule has 4 rings (SSSR count). The van der Waals surface area contributed by atoms with Gasteiger partial charge in [-0.2, -0.15) is 0 Å². The summed E-state index contributed by atoms with van der Waals surface area (Å²) >= 11 is 1.43. The zero-order valence-corrected chi connectivity index (χ0v) is 18.6. The fraction of sp³-hybridized carbons (Fsp3) is 0.500. The number of hydrogen-bond acceptors (Lipinski definition) is 8. The van der Waals surface area contributed by atoms with Crippen LogP contribution in [0.25, 0.3) is 0 Å². The molecule has 2 saturated heterocycles. The summed E-state index contributed by atoms with van der Waals surface area (Å²) in [5.41, 5.74) is 1.12. The average molecular weight is 444 g/mol. The highest BCUT2D eigenvalue weighted by atomic mass is 32.2. The van der Waals surface area contributed by atoms with E-state index in [0.717, 1.165) is 67.9 Å². The van der Waals surface area contributed by atoms with Gasteiger partial charge in [0.2, 0.25) is 5.91 Å². The van der Waals surface area contributed by atoms with Gasteiger partial charge in [-0.25, -0.2) is 9.97 Å². The van der Waals surface area contributed by atoms with Gasteiger partial charge in [0.25, 0.3) is 0 Å². The minimum Gasteiger partial charge on any atom is -0.495 e. The third-order valence-corrected chi connectivity index (χ3v) is 6.48. The predicted molar refractivity (Wildman–Crippen MR) is 122 cm³/mol. The van der Waals surface area contributed by atoms with Crippen LogP contribution in [0, 0.1) is 0 Å². The van der Waals surface area contributed by atoms with E-state index in [1.54, 1.807) is 13.4 Å². The van der Waals surface area contributed by atoms with Crippen molar-refractivity contribution in [1.29, 1.82) is 0 Å². The van der Waals surface area contributed by atoms with Crippen molar-refractivity contribution in [1.82, 2.24) is 15.3 Å². The molecule has 1 aromatic heterocycles. The quantitative estimate of drug-likeness (QED) is 0.491. The second kappa shape index (κ2) is 10.7. The first-order valence-electron chi connectivity index (χ1n) is 10.7. The molecular weight excluding hydrogens is 414 g/mol. The molecule has 3 heterocycles. The van der Waals surface area contributed by atoms with Crippen LogP contribution < -0.4 is 19.9 Å². The van der Waals surface area contributed by atoms with E-state index in [4.69, 9.17) is 9.47 Å². The van der Waals surface area contributed by atoms with E-state index in [2.05, 4.69) is 31.2 Å². The number of methoxy groups -OCH3 is 1. The fourth-order valence-corrected chi connectivity index (χ4v) is 4.56. The molecular formula is C22H29N5O3S. The lowest BCUT2D eigenvalue weighted by Gasteiger charge is -2.37. The van der Waals surface area contributed by atoms with Crippen molar-refractivity contribution in [3.63, 3.8) is 0 Å². The Kier molecular flexibility index (Phi) is 7.48. The molecule has 1 aromatic carbocycles. The zero-order valence-electron chi connectivity index (χ0n) is 17.8. The SMILES string of the molecule is COc1ccccc1N1CCN(c2cc(SCC(=O)NC[C@H]3CCCO3)ncn2)CC1. The number of benzene rings is 1. The first-order valence-corrected chi connectivity index (χ1v) is 11.7. The summed E-state index contributed by atoms with van der Waals surface area (Å²) < 4.78 is 11.0. The van der Waals surface area contributed by atoms with Gasteiger partial charge in [0, 0.05) is 45.4 Å². The van der Waals surface area contributed by atoms with Crippen LogP contribution in [0.15, 0.2) is 41.7 Å². The normalized spacial score (nSPS) is 18.8. The molecule has 166 valence electrons. The van der Waals surface area contributed by atoms with Crippen LogP contribution in [0.4, 0.5) is 11.5 Å². The summed E-state index contributed by atoms with van der Waals surface area (Å²) in [6.07, 6.45) is 3.84. The van der Waals surface area contributed by atoms with E-state index in [1.807, 2.05) is 24.3 Å². The number of para-hydroxylation sites is 2. The van der Waals surface area contributed by atoms with Gasteiger partial charge in [0.1, 0.15) is 22.9 Å². The number of ether oxygens (including phenoxy) is 2. The number of nitrogens with one attached hydrogen (secondary N) is 1. The molecule has 1 N–H and O–H groups in total. The van der Waals surface area contributed by atoms with E-state index in [1.165, 1.54) is 11.8 Å². The molecule has 9 heteroatoms. The third kappa shape index (κ3) is 5.80. The number of hydrogen-bond donors (Lipinski definition) is 1. The first-order chi connectivity index (χ1) is 15.2. The van der Waals surface area contributed by atoms with Gasteiger partial charge in [0.05, 0.1) is 24.7 Å². The average Bonchev–Trinajstić information content (AvgIpc) is 3.35. The van der Waals surface area contributed by atoms with E-state index in [0.29, 0.717) is 12.3 Å². The Balaban J connectivity index is 1.27. The van der Waals surface area contributed by atoms with Crippen molar-refractivity contribution in [2.75, 3.05) is 62.0 Å². The molecule has 0 aliphatic carbocycles. The van der Waals surface area contributed by atoms with Gasteiger partial charge in [0.15, 0.2) is 0 Å². The maximum absolute atomic E-state index is 12.1. The Hall–Kier alpha value is -2.52. The third-order valence-electron chi connectivity index (χ3n) is 5.56. The topological polar surface area (TPSA) is 79.8 Å². The summed E-state index contributed by atoms with van der Waals surface area (Å²) in [6.45, 7) is 4.89. The summed E-state index contributed by atoms with van der Waals surface area (Å²) in [6, 6.07) is 10.1. The number of amides is 1. The Morgan fingerprint density at radius 3 is 2.81 bits per heavy atom. The molecule has 0 unspecified atom stereocenters. The van der Waals surface area contributed by atoms with Gasteiger partial charge in [-0.3, -0.25) is 4.79 Å². The number of nitrogens with zero attached hydrogens (tertiary/aromatic N) is 4. The lowest BCUT2D eigenvalue weighted by atomic mass is 10.2. The van der Waals surface area contributed by atoms with Gasteiger partial charge >= 0.3 is 0 Å². The predicted octanol–water partition coefficient (Wildman–Crippen LogP) is 2.20. The van der Waals surface area contributed by atoms with Gasteiger partial charge in [-0.15, -0.1) is 0 Å². The molecule has 31 heavy (non-hydrogen) atoms. The van der Waals surface area contributed by atoms with Crippen LogP contribution in [-0.4, -0.2) is 74.2 Å². The van der Waals surface area contributed by atoms with Crippen molar-refractivity contribution in [2.24, 2.45) is 0 Å². The monoisotopic (exact) mass is 443 g/mol. The maximum Gasteiger partial charge on any atom is 0.230 e. The number of piperazine rings is 1. The molecule has 1 atom stereocenters. The molecule has 1 amide bonds. The van der Waals surface area contributed by atoms with Gasteiger partial charge in [-0.1, -0.05) is 23.9 Å². The Morgan fingerprint density at radius 2 is 2.03 bits per heavy atom. The van der Waals surface area contributed by atoms with Crippen molar-refractivity contribution >= 4 is 29.2 Å². The molecule has 2 aliphatic rings. The standard InChI is InChI=1S/C22H29N5O3S/c1-29-19-7-3-2-6-18(19)26-8-10-27(11-9-26)20-13-22(25-16-24-20)31-15-21(28)23-14-17-5-4-12-30-17/h2-3,6-7,13,16-17H,4-5,8-12,14-15H2,1H3,(H,23,28)/t17-/m1/s1. The fourth-order valence-electron chi connectivity index (χ4n) is 3.87. The molecule has 0 radical (unpaired) electrons. The number of anilines is 2. The molecule has 0 bridgehead atoms. The zero-order chi connectivity index (χ0) is 21.5. The highest BCUT2D eigenvalue weighted by Gasteiger charge is 2.21. The minimum atomic E-state index is 0.00563. The molecule has 0 spiro atoms. The lowest BCUT2D eigenvalue weighted by molar-refractivity contribution is -0.119. The number of rotatable bonds is 8. The van der Waals surface area contributed by atoms with Crippen molar-refractivity contribution in [3.05, 3.63) is 36.7 Å². The second-order valence-electron chi connectivity index (χ2n) is 7.59. The van der Waals surface area contributed by atoms with Gasteiger partial charge < -0.3 is 24.6 Å². The molecule has 2 fully saturated rings. The Labute approximate surface area is 187 Å². The summed E-state index contributed by atoms with van der Waals surface area (Å²) in [7, 11) is 1.71. The van der Waals surface area contributed by atoms with E-state index < -0.39 is 0 Å². The number of aromatic nitrogens is 2. The molecule has 8 nitrogen and oxygen atoms in total. The Bertz CT molecular complexity index is 870. The lowest BCUT2D eigenvalue weighted by Crippen LogP contribution is -2.47. The smallest absolute Gasteiger partial charge is 0.230 e. The molecule has 2 aromatic rings. The minimum absolute atomic E-state index is 0.00563. The van der Waals surface area contributed by atoms with Crippen LogP contribution in [0.2, 0.25) is 0 Å².